The Balaban J connectivity index is 1.60. The molecule has 14 N–H and O–H groups in total. The van der Waals surface area contributed by atoms with Crippen molar-refractivity contribution >= 4 is 17.7 Å². The lowest BCUT2D eigenvalue weighted by Gasteiger charge is -2.51. The summed E-state index contributed by atoms with van der Waals surface area (Å²) in [6.45, 7) is 0.0441. The predicted octanol–water partition coefficient (Wildman–Crippen LogP) is -9.09. The van der Waals surface area contributed by atoms with E-state index in [2.05, 4.69) is 21.3 Å². The molecule has 0 aromatic carbocycles. The lowest BCUT2D eigenvalue weighted by molar-refractivity contribution is -0.362. The zero-order valence-electron chi connectivity index (χ0n) is 30.4. The smallest absolute Gasteiger partial charge is 0.217 e. The number of hydrogen-bond acceptors (Lipinski definition) is 21. The summed E-state index contributed by atoms with van der Waals surface area (Å²) in [7, 11) is 1.42. The van der Waals surface area contributed by atoms with Crippen molar-refractivity contribution in [2.24, 2.45) is 0 Å². The lowest BCUT2D eigenvalue weighted by atomic mass is 9.93. The van der Waals surface area contributed by atoms with Gasteiger partial charge in [-0.05, 0) is 7.05 Å². The Morgan fingerprint density at radius 3 is 1.16 bits per heavy atom. The highest BCUT2D eigenvalue weighted by Crippen LogP contribution is 2.34. The van der Waals surface area contributed by atoms with E-state index in [-0.39, 0.29) is 0 Å². The van der Waals surface area contributed by atoms with Gasteiger partial charge in [-0.25, -0.2) is 0 Å². The second-order valence-electron chi connectivity index (χ2n) is 13.7. The molecule has 318 valence electrons. The molecule has 0 aromatic rings. The first-order valence-corrected chi connectivity index (χ1v) is 17.6. The summed E-state index contributed by atoms with van der Waals surface area (Å²) in [6, 6.07) is -5.67. The van der Waals surface area contributed by atoms with Crippen molar-refractivity contribution in [2.75, 3.05) is 33.5 Å². The van der Waals surface area contributed by atoms with Crippen LogP contribution < -0.4 is 21.3 Å². The Morgan fingerprint density at radius 1 is 0.473 bits per heavy atom. The number of likely N-dealkylation sites (N-methyl/N-ethyl adjacent to an activating group) is 1. The molecule has 4 saturated heterocycles. The number of carbonyl (C=O) groups excluding carboxylic acids is 3. The number of rotatable bonds is 14. The summed E-state index contributed by atoms with van der Waals surface area (Å²) in [6.07, 6.45) is -25.6. The SMILES string of the molecule is CNC1[C@H](OC2C(CO)OC(OC3[C@H](O)C(NC(C)=O)[C@H](OC4C(CO)OC(O)C(NC(C)=O)C4O)O[C@@H]3CO)C(NC(C)=O)C2O)O[C@H](CO)C(O)[C@@H]1O. The van der Waals surface area contributed by atoms with E-state index in [1.54, 1.807) is 0 Å². The first-order chi connectivity index (χ1) is 26.0. The van der Waals surface area contributed by atoms with E-state index in [4.69, 9.17) is 33.2 Å². The average Bonchev–Trinajstić information content (AvgIpc) is 3.13. The summed E-state index contributed by atoms with van der Waals surface area (Å²) in [5.41, 5.74) is 0. The van der Waals surface area contributed by atoms with Crippen molar-refractivity contribution < 1.29 is 98.6 Å². The minimum atomic E-state index is -1.86. The van der Waals surface area contributed by atoms with Crippen molar-refractivity contribution in [1.82, 2.24) is 21.3 Å². The summed E-state index contributed by atoms with van der Waals surface area (Å²) in [5, 5.41) is 116. The van der Waals surface area contributed by atoms with Gasteiger partial charge in [-0.3, -0.25) is 14.4 Å². The van der Waals surface area contributed by atoms with Crippen molar-refractivity contribution in [2.45, 2.75) is 143 Å². The molecule has 55 heavy (non-hydrogen) atoms. The Morgan fingerprint density at radius 2 is 0.800 bits per heavy atom. The van der Waals surface area contributed by atoms with E-state index < -0.39 is 167 Å². The Bertz CT molecular complexity index is 1270. The highest BCUT2D eigenvalue weighted by Gasteiger charge is 2.56. The standard InChI is InChI=1S/C31H54N4O20/c1-9(40)33-16-22(45)25(13(6-37)49-28(16)48)54-30-19(35-11(3)42)24(47)27(15(8-39)52-30)55-31-18(34-10(2)41)23(46)26(14(7-38)51-31)53-29-17(32-4)21(44)20(43)12(5-36)50-29/h12-32,36-39,43-48H,5-8H2,1-4H3,(H,33,40)(H,34,41)(H,35,42)/t12-,13?,14?,15-,16?,17?,18?,19?,20?,21-,22?,23?,24-,25?,26?,27?,28?,29+,30+,31?/m1/s1. The fourth-order valence-electron chi connectivity index (χ4n) is 7.09. The van der Waals surface area contributed by atoms with Crippen LogP contribution in [0.1, 0.15) is 20.8 Å². The van der Waals surface area contributed by atoms with Crippen LogP contribution in [-0.4, -0.2) is 225 Å². The van der Waals surface area contributed by atoms with Crippen LogP contribution >= 0.6 is 0 Å². The quantitative estimate of drug-likeness (QED) is 0.0775. The molecule has 24 nitrogen and oxygen atoms in total. The zero-order chi connectivity index (χ0) is 40.9. The molecule has 4 aliphatic heterocycles. The van der Waals surface area contributed by atoms with Gasteiger partial charge in [0.1, 0.15) is 91.4 Å². The molecule has 0 bridgehead atoms. The molecule has 4 fully saturated rings. The third kappa shape index (κ3) is 10.2. The topological polar surface area (TPSA) is 366 Å². The van der Waals surface area contributed by atoms with Gasteiger partial charge in [0.25, 0.3) is 0 Å². The number of ether oxygens (including phenoxy) is 7. The number of aliphatic hydroxyl groups is 10. The van der Waals surface area contributed by atoms with Crippen LogP contribution in [0, 0.1) is 0 Å². The van der Waals surface area contributed by atoms with Crippen LogP contribution in [0.3, 0.4) is 0 Å². The number of amides is 3. The average molecular weight is 803 g/mol. The van der Waals surface area contributed by atoms with Crippen molar-refractivity contribution in [1.29, 1.82) is 0 Å². The molecule has 4 rings (SSSR count). The second-order valence-corrected chi connectivity index (χ2v) is 13.7. The third-order valence-corrected chi connectivity index (χ3v) is 9.78. The lowest BCUT2D eigenvalue weighted by Crippen LogP contribution is -2.71. The summed E-state index contributed by atoms with van der Waals surface area (Å²) >= 11 is 0. The fourth-order valence-corrected chi connectivity index (χ4v) is 7.09. The molecular weight excluding hydrogens is 748 g/mol. The van der Waals surface area contributed by atoms with Gasteiger partial charge >= 0.3 is 0 Å². The monoisotopic (exact) mass is 802 g/mol. The minimum absolute atomic E-state index is 0.652. The van der Waals surface area contributed by atoms with Gasteiger partial charge in [-0.1, -0.05) is 0 Å². The van der Waals surface area contributed by atoms with Crippen LogP contribution in [0.25, 0.3) is 0 Å². The number of aliphatic hydroxyl groups excluding tert-OH is 10. The number of nitrogens with one attached hydrogen (secondary N) is 4. The first-order valence-electron chi connectivity index (χ1n) is 17.6. The first kappa shape index (κ1) is 45.4. The van der Waals surface area contributed by atoms with Crippen molar-refractivity contribution in [3.05, 3.63) is 0 Å². The highest BCUT2D eigenvalue weighted by molar-refractivity contribution is 5.74. The van der Waals surface area contributed by atoms with Crippen molar-refractivity contribution in [3.63, 3.8) is 0 Å². The molecule has 0 saturated carbocycles. The Labute approximate surface area is 314 Å². The molecule has 4 aliphatic rings. The molecule has 0 aliphatic carbocycles. The van der Waals surface area contributed by atoms with Crippen LogP contribution in [0.2, 0.25) is 0 Å². The highest BCUT2D eigenvalue weighted by atomic mass is 16.8. The molecule has 14 unspecified atom stereocenters. The molecule has 4 heterocycles. The Kier molecular flexibility index (Phi) is 16.4. The molecule has 24 heteroatoms. The van der Waals surface area contributed by atoms with Crippen LogP contribution in [-0.2, 0) is 47.5 Å². The predicted molar refractivity (Wildman–Crippen MR) is 176 cm³/mol. The number of hydrogen-bond donors (Lipinski definition) is 14. The van der Waals surface area contributed by atoms with Gasteiger partial charge in [0.2, 0.25) is 17.7 Å². The van der Waals surface area contributed by atoms with Gasteiger partial charge in [0.15, 0.2) is 25.2 Å². The normalized spacial score (nSPS) is 45.1. The molecular formula is C31H54N4O20. The molecule has 0 radical (unpaired) electrons. The van der Waals surface area contributed by atoms with E-state index in [0.717, 1.165) is 20.8 Å². The molecule has 0 spiro atoms. The van der Waals surface area contributed by atoms with E-state index in [1.807, 2.05) is 0 Å². The van der Waals surface area contributed by atoms with Crippen LogP contribution in [0.15, 0.2) is 0 Å². The fraction of sp³-hybridized carbons (Fsp3) is 0.903. The number of carbonyl (C=O) groups is 3. The summed E-state index contributed by atoms with van der Waals surface area (Å²) in [4.78, 5) is 36.4. The van der Waals surface area contributed by atoms with Crippen LogP contribution in [0.5, 0.6) is 0 Å². The molecule has 20 atom stereocenters. The van der Waals surface area contributed by atoms with Crippen LogP contribution in [0.4, 0.5) is 0 Å². The maximum atomic E-state index is 12.4. The van der Waals surface area contributed by atoms with Gasteiger partial charge in [0, 0.05) is 20.8 Å². The second kappa shape index (κ2) is 19.9. The third-order valence-electron chi connectivity index (χ3n) is 9.78. The van der Waals surface area contributed by atoms with E-state index in [9.17, 15) is 65.4 Å². The summed E-state index contributed by atoms with van der Waals surface area (Å²) in [5.74, 6) is -2.08. The largest absolute Gasteiger partial charge is 0.394 e. The van der Waals surface area contributed by atoms with Gasteiger partial charge in [-0.15, -0.1) is 0 Å². The minimum Gasteiger partial charge on any atom is -0.394 e. The van der Waals surface area contributed by atoms with E-state index >= 15 is 0 Å². The van der Waals surface area contributed by atoms with E-state index in [1.165, 1.54) is 7.05 Å². The van der Waals surface area contributed by atoms with Gasteiger partial charge < -0.3 is 105 Å². The molecule has 3 amide bonds. The van der Waals surface area contributed by atoms with Crippen molar-refractivity contribution in [3.8, 4) is 0 Å². The zero-order valence-corrected chi connectivity index (χ0v) is 30.4. The summed E-state index contributed by atoms with van der Waals surface area (Å²) < 4.78 is 40.7. The van der Waals surface area contributed by atoms with Gasteiger partial charge in [-0.2, -0.15) is 0 Å². The maximum absolute atomic E-state index is 12.4. The maximum Gasteiger partial charge on any atom is 0.217 e. The van der Waals surface area contributed by atoms with Gasteiger partial charge in [0.05, 0.1) is 32.5 Å². The molecule has 0 aromatic heterocycles. The van der Waals surface area contributed by atoms with E-state index in [0.29, 0.717) is 0 Å². The Hall–Kier alpha value is -2.31.